The van der Waals surface area contributed by atoms with Crippen LogP contribution in [0.3, 0.4) is 0 Å². The molecular formula is C58H72I2N4O4V. The molecule has 0 unspecified atom stereocenters. The Labute approximate surface area is 440 Å². The fraction of sp³-hybridized carbons (Fsp3) is 0.500. The Morgan fingerprint density at radius 3 is 1.80 bits per heavy atom. The van der Waals surface area contributed by atoms with Gasteiger partial charge in [0.25, 0.3) is 0 Å². The summed E-state index contributed by atoms with van der Waals surface area (Å²) in [6.45, 7) is 23.3. The van der Waals surface area contributed by atoms with Crippen LogP contribution in [0.1, 0.15) is 141 Å². The van der Waals surface area contributed by atoms with Crippen molar-refractivity contribution in [1.82, 2.24) is 14.8 Å². The number of rotatable bonds is 1. The van der Waals surface area contributed by atoms with Crippen molar-refractivity contribution >= 4 is 68.1 Å². The van der Waals surface area contributed by atoms with Gasteiger partial charge in [0.2, 0.25) is 0 Å². The summed E-state index contributed by atoms with van der Waals surface area (Å²) in [5.41, 5.74) is 20.4. The minimum atomic E-state index is -0.238. The molecule has 8 aliphatic rings. The molecule has 5 heterocycles. The van der Waals surface area contributed by atoms with Crippen molar-refractivity contribution in [2.45, 2.75) is 149 Å². The van der Waals surface area contributed by atoms with E-state index in [-0.39, 0.29) is 39.7 Å². The van der Waals surface area contributed by atoms with Gasteiger partial charge in [0.15, 0.2) is 23.8 Å². The van der Waals surface area contributed by atoms with E-state index in [0.717, 1.165) is 68.6 Å². The number of ether oxygens (including phenoxy) is 2. The third-order valence-electron chi connectivity index (χ3n) is 17.9. The molecule has 3 fully saturated rings. The molecule has 5 aromatic rings. The fourth-order valence-corrected chi connectivity index (χ4v) is 14.7. The van der Waals surface area contributed by atoms with Crippen molar-refractivity contribution in [2.24, 2.45) is 10.8 Å². The summed E-state index contributed by atoms with van der Waals surface area (Å²) in [4.78, 5) is 33.9. The normalized spacial score (nSPS) is 29.6. The van der Waals surface area contributed by atoms with E-state index < -0.39 is 0 Å². The zero-order chi connectivity index (χ0) is 50.0. The Bertz CT molecular complexity index is 2800. The number of nitrogen functional groups attached to an aromatic ring is 1. The molecule has 8 atom stereocenters. The summed E-state index contributed by atoms with van der Waals surface area (Å²) >= 11 is 4.74. The molecule has 0 radical (unpaired) electrons. The van der Waals surface area contributed by atoms with Gasteiger partial charge < -0.3 is 25.0 Å². The molecule has 8 nitrogen and oxygen atoms in total. The third-order valence-corrected chi connectivity index (χ3v) is 17.9. The molecule has 1 saturated carbocycles. The number of pyridine rings is 1. The van der Waals surface area contributed by atoms with Crippen molar-refractivity contribution in [3.63, 3.8) is 0 Å². The number of anilines is 1. The Hall–Kier alpha value is -3.01. The Kier molecular flexibility index (Phi) is 15.3. The van der Waals surface area contributed by atoms with Crippen molar-refractivity contribution in [2.75, 3.05) is 32.9 Å². The van der Waals surface area contributed by atoms with Crippen LogP contribution in [0.15, 0.2) is 72.8 Å². The van der Waals surface area contributed by atoms with Gasteiger partial charge in [0, 0.05) is 51.7 Å². The van der Waals surface area contributed by atoms with Crippen molar-refractivity contribution < 1.29 is 28.5 Å². The van der Waals surface area contributed by atoms with Gasteiger partial charge in [-0.3, -0.25) is 9.59 Å². The standard InChI is InChI=1S/C27H28N2O.C19H23NO2.C8H9NO.2C2H6.2HI.V/c1-15-9-10-17-13-21-26(3)14-19-16(2)18-7-5-6-8-20(18)28-23(19)25-27(26,11-12-29(21)4)22(17)24(15)30-25;1-11-4-5-12-10-14-18(2)7-6-13(21)17-19(18,8-9-20(14)3)15(12)16(11)22-17;1-6(10)7-4-2-3-5-8(7)9;2*1-2;;;/h5-10,21,25H,11-14H2,1-4H3;4-5,14,17H,6-10H2,1-3H3;2-5H,9H2,1H3;2*1-2H3;2*1H;/q;;;;;;;+2/p-2/t21-,25+,26+,27+;14-,17+,18+,19+;;;;;;/m11....../s1. The molecule has 4 aliphatic carbocycles. The van der Waals surface area contributed by atoms with E-state index in [1.165, 1.54) is 62.5 Å². The number of fused-ring (bicyclic) bond motifs is 3. The molecule has 13 rings (SSSR count). The van der Waals surface area contributed by atoms with Gasteiger partial charge >= 0.3 is 49.4 Å². The second-order valence-corrected chi connectivity index (χ2v) is 32.4. The summed E-state index contributed by atoms with van der Waals surface area (Å²) < 4.78 is 13.3. The second kappa shape index (κ2) is 20.1. The topological polar surface area (TPSA) is 98.0 Å². The fourth-order valence-electron chi connectivity index (χ4n) is 14.7. The van der Waals surface area contributed by atoms with Crippen molar-refractivity contribution in [1.29, 1.82) is 0 Å². The Balaban J connectivity index is 0.000000144. The van der Waals surface area contributed by atoms with Crippen LogP contribution < -0.4 is 15.2 Å². The maximum atomic E-state index is 12.7. The van der Waals surface area contributed by atoms with Crippen molar-refractivity contribution in [3.05, 3.63) is 129 Å². The number of likely N-dealkylation sites (N-methyl/N-ethyl adjacent to an activating group) is 2. The zero-order valence-electron chi connectivity index (χ0n) is 42.9. The summed E-state index contributed by atoms with van der Waals surface area (Å²) in [5.74, 6) is 2.53. The molecule has 4 aliphatic heterocycles. The molecule has 2 saturated heterocycles. The summed E-state index contributed by atoms with van der Waals surface area (Å²) in [7, 11) is 5.21. The minimum absolute atomic E-state index is 0.0121. The number of Topliss-reactive ketones (excluding diaryl/α,β-unsaturated/α-hetero) is 2. The number of aromatic nitrogens is 1. The predicted octanol–water partition coefficient (Wildman–Crippen LogP) is 13.0. The van der Waals surface area contributed by atoms with Gasteiger partial charge in [0.05, 0.1) is 22.0 Å². The number of ketones is 2. The number of piperidine rings is 2. The number of carbonyl (C=O) groups is 2. The van der Waals surface area contributed by atoms with Crippen LogP contribution in [-0.2, 0) is 44.4 Å². The first-order valence-electron chi connectivity index (χ1n) is 25.3. The maximum absolute atomic E-state index is 12.7. The third kappa shape index (κ3) is 7.79. The molecule has 1 aromatic heterocycles. The average molecular weight is 1190 g/mol. The van der Waals surface area contributed by atoms with Gasteiger partial charge in [-0.2, -0.15) is 0 Å². The van der Waals surface area contributed by atoms with E-state index >= 15 is 0 Å². The van der Waals surface area contributed by atoms with E-state index in [4.69, 9.17) is 20.2 Å². The number of nitrogens with two attached hydrogens (primary N) is 1. The SMILES string of the molecule is CC.CC.CC(=O)c1ccccc1N.Cc1ccc2c3c1O[C@H]1C(=O)CC[C@@]4(C)[C@@H](C2)N(C)CC[C@]314.Cc1ccc2c3c1O[C@H]1c4nc5ccccc5c(C)c4C[C@@]4(C)[C@@H](C2)N(C)CC[C@]314.[I][V][I]. The molecule has 2 spiro atoms. The zero-order valence-corrected chi connectivity index (χ0v) is 48.6. The van der Waals surface area contributed by atoms with Crippen LogP contribution >= 0.6 is 40.0 Å². The molecule has 4 bridgehead atoms. The van der Waals surface area contributed by atoms with Crippen molar-refractivity contribution in [3.8, 4) is 11.5 Å². The Morgan fingerprint density at radius 2 is 1.25 bits per heavy atom. The number of nitrogens with zero attached hydrogens (tertiary/aromatic N) is 3. The average Bonchev–Trinajstić information content (AvgIpc) is 3.90. The predicted molar refractivity (Wildman–Crippen MR) is 295 cm³/mol. The van der Waals surface area contributed by atoms with Crippen LogP contribution in [0.4, 0.5) is 5.69 Å². The first kappa shape index (κ1) is 52.3. The van der Waals surface area contributed by atoms with E-state index in [1.807, 2.05) is 33.8 Å². The van der Waals surface area contributed by atoms with E-state index in [2.05, 4.69) is 147 Å². The Morgan fingerprint density at radius 1 is 0.739 bits per heavy atom. The molecule has 69 heavy (non-hydrogen) atoms. The van der Waals surface area contributed by atoms with Crippen LogP contribution in [0, 0.1) is 31.6 Å². The molecule has 2 N–H and O–H groups in total. The van der Waals surface area contributed by atoms with E-state index in [9.17, 15) is 9.59 Å². The molecular weight excluding hydrogens is 1120 g/mol. The van der Waals surface area contributed by atoms with Crippen LogP contribution in [-0.4, -0.2) is 71.7 Å². The van der Waals surface area contributed by atoms with Gasteiger partial charge in [-0.05, 0) is 150 Å². The number of hydrogen-bond acceptors (Lipinski definition) is 8. The quantitative estimate of drug-likeness (QED) is 0.101. The van der Waals surface area contributed by atoms with Gasteiger partial charge in [-0.1, -0.05) is 96.1 Å². The van der Waals surface area contributed by atoms with Crippen LogP contribution in [0.5, 0.6) is 11.5 Å². The number of halogens is 2. The molecule has 4 aromatic carbocycles. The first-order valence-corrected chi connectivity index (χ1v) is 34.3. The van der Waals surface area contributed by atoms with E-state index in [1.54, 1.807) is 18.2 Å². The summed E-state index contributed by atoms with van der Waals surface area (Å²) in [6, 6.07) is 25.8. The number of carbonyl (C=O) groups excluding carboxylic acids is 2. The number of aryl methyl sites for hydroxylation is 3. The molecule has 11 heteroatoms. The van der Waals surface area contributed by atoms with Gasteiger partial charge in [-0.25, -0.2) is 4.98 Å². The summed E-state index contributed by atoms with van der Waals surface area (Å²) in [5, 5.41) is 1.29. The number of hydrogen-bond donors (Lipinski definition) is 1. The first-order chi connectivity index (χ1) is 33.1. The van der Waals surface area contributed by atoms with Crippen LogP contribution in [0.25, 0.3) is 10.9 Å². The molecule has 367 valence electrons. The monoisotopic (exact) mass is 1190 g/mol. The number of para-hydroxylation sites is 2. The number of benzene rings is 4. The van der Waals surface area contributed by atoms with E-state index in [0.29, 0.717) is 45.0 Å². The van der Waals surface area contributed by atoms with Gasteiger partial charge in [0.1, 0.15) is 11.5 Å². The molecule has 0 amide bonds. The second-order valence-electron chi connectivity index (χ2n) is 20.6. The summed E-state index contributed by atoms with van der Waals surface area (Å²) in [6.07, 6.45) is 6.99. The van der Waals surface area contributed by atoms with Crippen LogP contribution in [0.2, 0.25) is 0 Å². The van der Waals surface area contributed by atoms with Gasteiger partial charge in [-0.15, -0.1) is 0 Å². The number of likely N-dealkylation sites (tertiary alicyclic amines) is 2.